The van der Waals surface area contributed by atoms with Crippen molar-refractivity contribution in [3.8, 4) is 0 Å². The normalized spacial score (nSPS) is 12.7. The van der Waals surface area contributed by atoms with Crippen LogP contribution in [0.4, 0.5) is 0 Å². The van der Waals surface area contributed by atoms with E-state index in [1.165, 1.54) is 27.9 Å². The van der Waals surface area contributed by atoms with E-state index in [4.69, 9.17) is 5.10 Å². The van der Waals surface area contributed by atoms with Crippen molar-refractivity contribution in [3.05, 3.63) is 51.8 Å². The molecule has 0 saturated heterocycles. The Morgan fingerprint density at radius 2 is 1.71 bits per heavy atom. The molecule has 0 aliphatic heterocycles. The van der Waals surface area contributed by atoms with Gasteiger partial charge in [0.1, 0.15) is 0 Å². The molecule has 0 fully saturated rings. The molecule has 0 bridgehead atoms. The SMILES string of the molecule is CCC(NC)c1c(C)nn(Cc2cc(C)cc(C)c2)c1C. The lowest BCUT2D eigenvalue weighted by Gasteiger charge is -2.15. The first-order valence-electron chi connectivity index (χ1n) is 7.74. The molecule has 3 heteroatoms. The molecule has 1 aromatic heterocycles. The van der Waals surface area contributed by atoms with Crippen LogP contribution in [0.1, 0.15) is 53.0 Å². The van der Waals surface area contributed by atoms with Gasteiger partial charge >= 0.3 is 0 Å². The Labute approximate surface area is 128 Å². The van der Waals surface area contributed by atoms with Crippen LogP contribution in [-0.2, 0) is 6.54 Å². The van der Waals surface area contributed by atoms with Gasteiger partial charge in [-0.15, -0.1) is 0 Å². The van der Waals surface area contributed by atoms with Gasteiger partial charge in [-0.25, -0.2) is 0 Å². The number of hydrogen-bond donors (Lipinski definition) is 1. The zero-order valence-electron chi connectivity index (χ0n) is 14.1. The molecule has 0 radical (unpaired) electrons. The highest BCUT2D eigenvalue weighted by molar-refractivity contribution is 5.31. The summed E-state index contributed by atoms with van der Waals surface area (Å²) in [5, 5.41) is 8.15. The lowest BCUT2D eigenvalue weighted by molar-refractivity contribution is 0.568. The highest BCUT2D eigenvalue weighted by Gasteiger charge is 2.18. The number of nitrogens with zero attached hydrogens (tertiary/aromatic N) is 2. The van der Waals surface area contributed by atoms with Crippen LogP contribution in [0.3, 0.4) is 0 Å². The van der Waals surface area contributed by atoms with Gasteiger partial charge in [0.05, 0.1) is 12.2 Å². The van der Waals surface area contributed by atoms with Crippen molar-refractivity contribution in [1.82, 2.24) is 15.1 Å². The highest BCUT2D eigenvalue weighted by atomic mass is 15.3. The topological polar surface area (TPSA) is 29.9 Å². The van der Waals surface area contributed by atoms with Gasteiger partial charge in [-0.3, -0.25) is 4.68 Å². The van der Waals surface area contributed by atoms with Gasteiger partial charge in [0.25, 0.3) is 0 Å². The van der Waals surface area contributed by atoms with E-state index >= 15 is 0 Å². The van der Waals surface area contributed by atoms with E-state index in [0.717, 1.165) is 18.7 Å². The monoisotopic (exact) mass is 285 g/mol. The van der Waals surface area contributed by atoms with Crippen molar-refractivity contribution in [1.29, 1.82) is 0 Å². The van der Waals surface area contributed by atoms with E-state index in [-0.39, 0.29) is 0 Å². The Morgan fingerprint density at radius 3 is 2.24 bits per heavy atom. The predicted molar refractivity (Wildman–Crippen MR) is 88.8 cm³/mol. The average Bonchev–Trinajstić information content (AvgIpc) is 2.67. The van der Waals surface area contributed by atoms with Crippen LogP contribution in [-0.4, -0.2) is 16.8 Å². The molecular formula is C18H27N3. The zero-order chi connectivity index (χ0) is 15.6. The van der Waals surface area contributed by atoms with Gasteiger partial charge in [0, 0.05) is 17.3 Å². The molecule has 3 nitrogen and oxygen atoms in total. The molecule has 0 amide bonds. The Hall–Kier alpha value is -1.61. The molecule has 0 saturated carbocycles. The number of nitrogens with one attached hydrogen (secondary N) is 1. The molecule has 1 N–H and O–H groups in total. The van der Waals surface area contributed by atoms with Gasteiger partial charge in [-0.1, -0.05) is 36.2 Å². The Balaban J connectivity index is 2.35. The lowest BCUT2D eigenvalue weighted by Crippen LogP contribution is -2.17. The summed E-state index contributed by atoms with van der Waals surface area (Å²) in [5.74, 6) is 0. The average molecular weight is 285 g/mol. The summed E-state index contributed by atoms with van der Waals surface area (Å²) in [6.45, 7) is 11.6. The molecule has 114 valence electrons. The van der Waals surface area contributed by atoms with Crippen molar-refractivity contribution < 1.29 is 0 Å². The molecular weight excluding hydrogens is 258 g/mol. The number of rotatable bonds is 5. The first kappa shape index (κ1) is 15.8. The summed E-state index contributed by atoms with van der Waals surface area (Å²) in [7, 11) is 2.02. The van der Waals surface area contributed by atoms with Gasteiger partial charge in [-0.05, 0) is 46.7 Å². The summed E-state index contributed by atoms with van der Waals surface area (Å²) in [6, 6.07) is 7.10. The van der Waals surface area contributed by atoms with E-state index in [1.54, 1.807) is 0 Å². The Morgan fingerprint density at radius 1 is 1.10 bits per heavy atom. The molecule has 0 aliphatic carbocycles. The molecule has 1 atom stereocenters. The third kappa shape index (κ3) is 3.35. The maximum absolute atomic E-state index is 4.76. The number of aryl methyl sites for hydroxylation is 3. The third-order valence-electron chi connectivity index (χ3n) is 4.16. The highest BCUT2D eigenvalue weighted by Crippen LogP contribution is 2.24. The molecule has 1 aromatic carbocycles. The van der Waals surface area contributed by atoms with Crippen LogP contribution in [0.2, 0.25) is 0 Å². The number of aromatic nitrogens is 2. The summed E-state index contributed by atoms with van der Waals surface area (Å²) < 4.78 is 2.14. The summed E-state index contributed by atoms with van der Waals surface area (Å²) >= 11 is 0. The summed E-state index contributed by atoms with van der Waals surface area (Å²) in [5.41, 5.74) is 7.71. The molecule has 2 rings (SSSR count). The minimum absolute atomic E-state index is 0.387. The first-order chi connectivity index (χ1) is 9.96. The molecule has 1 heterocycles. The maximum atomic E-state index is 4.76. The molecule has 0 spiro atoms. The zero-order valence-corrected chi connectivity index (χ0v) is 14.1. The number of benzene rings is 1. The summed E-state index contributed by atoms with van der Waals surface area (Å²) in [6.07, 6.45) is 1.08. The fraction of sp³-hybridized carbons (Fsp3) is 0.500. The minimum Gasteiger partial charge on any atom is -0.313 e. The number of hydrogen-bond acceptors (Lipinski definition) is 2. The van der Waals surface area contributed by atoms with Crippen molar-refractivity contribution >= 4 is 0 Å². The van der Waals surface area contributed by atoms with Crippen molar-refractivity contribution in [3.63, 3.8) is 0 Å². The van der Waals surface area contributed by atoms with Gasteiger partial charge in [0.2, 0.25) is 0 Å². The van der Waals surface area contributed by atoms with Crippen molar-refractivity contribution in [2.45, 2.75) is 53.6 Å². The van der Waals surface area contributed by atoms with Gasteiger partial charge < -0.3 is 5.32 Å². The Bertz CT molecular complexity index is 601. The largest absolute Gasteiger partial charge is 0.313 e. The van der Waals surface area contributed by atoms with Crippen LogP contribution in [0.15, 0.2) is 18.2 Å². The predicted octanol–water partition coefficient (Wildman–Crippen LogP) is 3.84. The van der Waals surface area contributed by atoms with Gasteiger partial charge in [0.15, 0.2) is 0 Å². The lowest BCUT2D eigenvalue weighted by atomic mass is 10.0. The third-order valence-corrected chi connectivity index (χ3v) is 4.16. The van der Waals surface area contributed by atoms with Crippen molar-refractivity contribution in [2.24, 2.45) is 0 Å². The molecule has 21 heavy (non-hydrogen) atoms. The molecule has 1 unspecified atom stereocenters. The first-order valence-corrected chi connectivity index (χ1v) is 7.74. The molecule has 2 aromatic rings. The smallest absolute Gasteiger partial charge is 0.0662 e. The second kappa shape index (κ2) is 6.44. The van der Waals surface area contributed by atoms with Crippen LogP contribution in [0.25, 0.3) is 0 Å². The second-order valence-electron chi connectivity index (χ2n) is 5.99. The maximum Gasteiger partial charge on any atom is 0.0662 e. The minimum atomic E-state index is 0.387. The van der Waals surface area contributed by atoms with Crippen LogP contribution in [0.5, 0.6) is 0 Å². The Kier molecular flexibility index (Phi) is 4.84. The fourth-order valence-corrected chi connectivity index (χ4v) is 3.25. The van der Waals surface area contributed by atoms with E-state index in [2.05, 4.69) is 62.8 Å². The molecule has 0 aliphatic rings. The van der Waals surface area contributed by atoms with Gasteiger partial charge in [-0.2, -0.15) is 5.10 Å². The second-order valence-corrected chi connectivity index (χ2v) is 5.99. The quantitative estimate of drug-likeness (QED) is 0.904. The van der Waals surface area contributed by atoms with E-state index in [1.807, 2.05) is 7.05 Å². The van der Waals surface area contributed by atoms with Crippen LogP contribution < -0.4 is 5.32 Å². The van der Waals surface area contributed by atoms with E-state index in [9.17, 15) is 0 Å². The van der Waals surface area contributed by atoms with Crippen LogP contribution in [0, 0.1) is 27.7 Å². The fourth-order valence-electron chi connectivity index (χ4n) is 3.25. The summed E-state index contributed by atoms with van der Waals surface area (Å²) in [4.78, 5) is 0. The standard InChI is InChI=1S/C18H27N3/c1-7-17(19-6)18-14(4)20-21(15(18)5)11-16-9-12(2)8-13(3)10-16/h8-10,17,19H,7,11H2,1-6H3. The van der Waals surface area contributed by atoms with E-state index < -0.39 is 0 Å². The van der Waals surface area contributed by atoms with E-state index in [0.29, 0.717) is 6.04 Å². The van der Waals surface area contributed by atoms with Crippen molar-refractivity contribution in [2.75, 3.05) is 7.05 Å². The van der Waals surface area contributed by atoms with Crippen LogP contribution >= 0.6 is 0 Å².